The van der Waals surface area contributed by atoms with E-state index in [1.165, 1.54) is 4.90 Å². The van der Waals surface area contributed by atoms with Crippen LogP contribution in [0.2, 0.25) is 5.02 Å². The third kappa shape index (κ3) is 3.03. The first-order valence-electron chi connectivity index (χ1n) is 8.81. The van der Waals surface area contributed by atoms with Gasteiger partial charge in [0.05, 0.1) is 11.1 Å². The summed E-state index contributed by atoms with van der Waals surface area (Å²) in [6, 6.07) is 15.0. The number of carbonyl (C=O) groups is 2. The summed E-state index contributed by atoms with van der Waals surface area (Å²) in [5.41, 5.74) is 2.07. The van der Waals surface area contributed by atoms with E-state index in [0.717, 1.165) is 30.2 Å². The van der Waals surface area contributed by atoms with E-state index in [9.17, 15) is 9.59 Å². The van der Waals surface area contributed by atoms with Crippen LogP contribution >= 0.6 is 11.6 Å². The van der Waals surface area contributed by atoms with Crippen molar-refractivity contribution in [3.8, 4) is 0 Å². The fourth-order valence-corrected chi connectivity index (χ4v) is 4.00. The Labute approximate surface area is 157 Å². The second kappa shape index (κ2) is 7.19. The first-order valence-corrected chi connectivity index (χ1v) is 9.19. The highest BCUT2D eigenvalue weighted by atomic mass is 35.5. The number of hydrogen-bond acceptors (Lipinski definition) is 4. The van der Waals surface area contributed by atoms with Crippen LogP contribution in [0.25, 0.3) is 0 Å². The molecule has 2 amide bonds. The zero-order chi connectivity index (χ0) is 18.1. The van der Waals surface area contributed by atoms with Gasteiger partial charge in [0.15, 0.2) is 0 Å². The summed E-state index contributed by atoms with van der Waals surface area (Å²) in [5, 5.41) is 4.14. The highest BCUT2D eigenvalue weighted by Gasteiger charge is 2.35. The number of halogens is 1. The van der Waals surface area contributed by atoms with Crippen molar-refractivity contribution >= 4 is 23.4 Å². The summed E-state index contributed by atoms with van der Waals surface area (Å²) >= 11 is 6.38. The summed E-state index contributed by atoms with van der Waals surface area (Å²) in [4.78, 5) is 28.7. The average molecular weight is 370 g/mol. The van der Waals surface area contributed by atoms with Gasteiger partial charge < -0.3 is 5.32 Å². The van der Waals surface area contributed by atoms with E-state index >= 15 is 0 Å². The molecule has 0 saturated carbocycles. The zero-order valence-corrected chi connectivity index (χ0v) is 15.1. The molecule has 0 radical (unpaired) electrons. The molecular weight excluding hydrogens is 350 g/mol. The van der Waals surface area contributed by atoms with Crippen molar-refractivity contribution in [2.75, 3.05) is 32.7 Å². The van der Waals surface area contributed by atoms with E-state index in [2.05, 4.69) is 10.2 Å². The standard InChI is InChI=1S/C20H20ClN3O2/c21-17-8-4-3-7-16(17)18-13-22-9-10-23(18)11-12-24-19(25)14-5-1-2-6-15(14)20(24)26/h1-8,18,22H,9-13H2. The third-order valence-electron chi connectivity index (χ3n) is 5.11. The molecule has 2 aromatic rings. The number of fused-ring (bicyclic) bond motifs is 1. The van der Waals surface area contributed by atoms with Crippen molar-refractivity contribution in [3.05, 3.63) is 70.2 Å². The molecule has 2 aliphatic heterocycles. The number of benzene rings is 2. The largest absolute Gasteiger partial charge is 0.314 e. The summed E-state index contributed by atoms with van der Waals surface area (Å²) in [6.45, 7) is 3.53. The van der Waals surface area contributed by atoms with Gasteiger partial charge in [-0.05, 0) is 23.8 Å². The fourth-order valence-electron chi connectivity index (χ4n) is 3.74. The summed E-state index contributed by atoms with van der Waals surface area (Å²) in [7, 11) is 0. The number of nitrogens with one attached hydrogen (secondary N) is 1. The highest BCUT2D eigenvalue weighted by molar-refractivity contribution is 6.31. The fraction of sp³-hybridized carbons (Fsp3) is 0.300. The Kier molecular flexibility index (Phi) is 4.76. The molecule has 1 saturated heterocycles. The first kappa shape index (κ1) is 17.2. The Morgan fingerprint density at radius 1 is 0.962 bits per heavy atom. The van der Waals surface area contributed by atoms with Gasteiger partial charge in [0.2, 0.25) is 0 Å². The maximum Gasteiger partial charge on any atom is 0.261 e. The van der Waals surface area contributed by atoms with Crippen LogP contribution in [0.15, 0.2) is 48.5 Å². The predicted molar refractivity (Wildman–Crippen MR) is 100 cm³/mol. The monoisotopic (exact) mass is 369 g/mol. The Hall–Kier alpha value is -2.21. The lowest BCUT2D eigenvalue weighted by Crippen LogP contribution is -2.49. The Morgan fingerprint density at radius 3 is 2.31 bits per heavy atom. The van der Waals surface area contributed by atoms with Crippen LogP contribution in [-0.4, -0.2) is 54.3 Å². The minimum atomic E-state index is -0.199. The second-order valence-corrected chi connectivity index (χ2v) is 6.99. The molecular formula is C20H20ClN3O2. The first-order chi connectivity index (χ1) is 12.7. The van der Waals surface area contributed by atoms with E-state index in [4.69, 9.17) is 11.6 Å². The lowest BCUT2D eigenvalue weighted by molar-refractivity contribution is 0.0614. The quantitative estimate of drug-likeness (QED) is 0.842. The maximum absolute atomic E-state index is 12.5. The van der Waals surface area contributed by atoms with Gasteiger partial charge in [-0.25, -0.2) is 0 Å². The molecule has 134 valence electrons. The van der Waals surface area contributed by atoms with Gasteiger partial charge in [-0.3, -0.25) is 19.4 Å². The summed E-state index contributed by atoms with van der Waals surface area (Å²) < 4.78 is 0. The lowest BCUT2D eigenvalue weighted by Gasteiger charge is -2.37. The maximum atomic E-state index is 12.5. The number of carbonyl (C=O) groups excluding carboxylic acids is 2. The van der Waals surface area contributed by atoms with Gasteiger partial charge in [0, 0.05) is 43.8 Å². The minimum absolute atomic E-state index is 0.132. The molecule has 4 rings (SSSR count). The van der Waals surface area contributed by atoms with Crippen LogP contribution < -0.4 is 5.32 Å². The van der Waals surface area contributed by atoms with E-state index in [0.29, 0.717) is 24.2 Å². The topological polar surface area (TPSA) is 52.7 Å². The molecule has 1 fully saturated rings. The second-order valence-electron chi connectivity index (χ2n) is 6.58. The van der Waals surface area contributed by atoms with E-state index in [1.54, 1.807) is 24.3 Å². The molecule has 0 aliphatic carbocycles. The van der Waals surface area contributed by atoms with Gasteiger partial charge in [0.1, 0.15) is 0 Å². The number of imide groups is 1. The molecule has 0 bridgehead atoms. The van der Waals surface area contributed by atoms with Crippen molar-refractivity contribution in [1.29, 1.82) is 0 Å². The highest BCUT2D eigenvalue weighted by Crippen LogP contribution is 2.29. The molecule has 5 nitrogen and oxygen atoms in total. The van der Waals surface area contributed by atoms with E-state index in [-0.39, 0.29) is 17.9 Å². The zero-order valence-electron chi connectivity index (χ0n) is 14.3. The molecule has 0 aromatic heterocycles. The number of piperazine rings is 1. The normalized spacial score (nSPS) is 20.5. The van der Waals surface area contributed by atoms with E-state index < -0.39 is 0 Å². The Bertz CT molecular complexity index is 819. The minimum Gasteiger partial charge on any atom is -0.314 e. The van der Waals surface area contributed by atoms with Crippen LogP contribution in [0.4, 0.5) is 0 Å². The van der Waals surface area contributed by atoms with Gasteiger partial charge in [-0.2, -0.15) is 0 Å². The van der Waals surface area contributed by atoms with Crippen molar-refractivity contribution in [2.24, 2.45) is 0 Å². The van der Waals surface area contributed by atoms with Gasteiger partial charge in [0.25, 0.3) is 11.8 Å². The molecule has 26 heavy (non-hydrogen) atoms. The number of amides is 2. The number of nitrogens with zero attached hydrogens (tertiary/aromatic N) is 2. The van der Waals surface area contributed by atoms with Crippen molar-refractivity contribution in [2.45, 2.75) is 6.04 Å². The molecule has 1 atom stereocenters. The average Bonchev–Trinajstić information content (AvgIpc) is 2.92. The Morgan fingerprint density at radius 2 is 1.62 bits per heavy atom. The smallest absolute Gasteiger partial charge is 0.261 e. The van der Waals surface area contributed by atoms with Gasteiger partial charge >= 0.3 is 0 Å². The number of hydrogen-bond donors (Lipinski definition) is 1. The molecule has 6 heteroatoms. The summed E-state index contributed by atoms with van der Waals surface area (Å²) in [5.74, 6) is -0.398. The molecule has 2 aliphatic rings. The van der Waals surface area contributed by atoms with Crippen LogP contribution in [0, 0.1) is 0 Å². The van der Waals surface area contributed by atoms with Crippen LogP contribution in [0.1, 0.15) is 32.3 Å². The van der Waals surface area contributed by atoms with Crippen molar-refractivity contribution in [1.82, 2.24) is 15.1 Å². The molecule has 1 N–H and O–H groups in total. The van der Waals surface area contributed by atoms with Gasteiger partial charge in [-0.1, -0.05) is 41.9 Å². The SMILES string of the molecule is O=C1c2ccccc2C(=O)N1CCN1CCNCC1c1ccccc1Cl. The third-order valence-corrected chi connectivity index (χ3v) is 5.45. The van der Waals surface area contributed by atoms with Gasteiger partial charge in [-0.15, -0.1) is 0 Å². The van der Waals surface area contributed by atoms with Crippen molar-refractivity contribution < 1.29 is 9.59 Å². The van der Waals surface area contributed by atoms with E-state index in [1.807, 2.05) is 24.3 Å². The lowest BCUT2D eigenvalue weighted by atomic mass is 10.0. The molecule has 1 unspecified atom stereocenters. The van der Waals surface area contributed by atoms with Crippen molar-refractivity contribution in [3.63, 3.8) is 0 Å². The number of rotatable bonds is 4. The Balaban J connectivity index is 1.49. The van der Waals surface area contributed by atoms with Crippen LogP contribution in [0.5, 0.6) is 0 Å². The van der Waals surface area contributed by atoms with Crippen LogP contribution in [0.3, 0.4) is 0 Å². The predicted octanol–water partition coefficient (Wildman–Crippen LogP) is 2.58. The molecule has 2 heterocycles. The summed E-state index contributed by atoms with van der Waals surface area (Å²) in [6.07, 6.45) is 0. The molecule has 0 spiro atoms. The van der Waals surface area contributed by atoms with Crippen LogP contribution in [-0.2, 0) is 0 Å². The molecule has 2 aromatic carbocycles.